The average molecular weight is 342 g/mol. The molecule has 0 aliphatic heterocycles. The van der Waals surface area contributed by atoms with Crippen molar-refractivity contribution in [3.05, 3.63) is 28.0 Å². The third-order valence-corrected chi connectivity index (χ3v) is 4.48. The van der Waals surface area contributed by atoms with E-state index in [0.29, 0.717) is 12.6 Å². The molecular weight excluding hydrogens is 318 g/mol. The first-order valence-electron chi connectivity index (χ1n) is 7.31. The highest BCUT2D eigenvalue weighted by Crippen LogP contribution is 2.31. The molecule has 0 saturated carbocycles. The summed E-state index contributed by atoms with van der Waals surface area (Å²) in [6.07, 6.45) is 10.5. The number of nitrogens with zero attached hydrogens (tertiary/aromatic N) is 2. The van der Waals surface area contributed by atoms with E-state index in [4.69, 9.17) is 4.74 Å². The Bertz CT molecular complexity index is 456. The lowest BCUT2D eigenvalue weighted by Gasteiger charge is -2.22. The van der Waals surface area contributed by atoms with Gasteiger partial charge in [-0.15, -0.1) is 0 Å². The first kappa shape index (κ1) is 15.7. The Hall–Kier alpha value is -0.650. The number of halogens is 1. The van der Waals surface area contributed by atoms with Crippen LogP contribution in [-0.2, 0) is 11.3 Å². The highest BCUT2D eigenvalue weighted by molar-refractivity contribution is 9.10. The molecule has 1 aromatic heterocycles. The number of ether oxygens (including phenoxy) is 1. The van der Waals surface area contributed by atoms with Gasteiger partial charge in [-0.25, -0.2) is 0 Å². The lowest BCUT2D eigenvalue weighted by atomic mass is 9.93. The van der Waals surface area contributed by atoms with Crippen molar-refractivity contribution in [3.8, 4) is 0 Å². The minimum absolute atomic E-state index is 0.299. The molecule has 0 fully saturated rings. The van der Waals surface area contributed by atoms with Gasteiger partial charge in [0.2, 0.25) is 0 Å². The van der Waals surface area contributed by atoms with Crippen LogP contribution in [0.5, 0.6) is 0 Å². The summed E-state index contributed by atoms with van der Waals surface area (Å²) in [6, 6.07) is 0.299. The van der Waals surface area contributed by atoms with Crippen LogP contribution in [0, 0.1) is 0 Å². The van der Waals surface area contributed by atoms with E-state index in [-0.39, 0.29) is 0 Å². The number of methoxy groups -OCH3 is 1. The first-order chi connectivity index (χ1) is 9.76. The van der Waals surface area contributed by atoms with E-state index in [2.05, 4.69) is 32.4 Å². The molecule has 1 aliphatic carbocycles. The highest BCUT2D eigenvalue weighted by Gasteiger charge is 2.20. The topological polar surface area (TPSA) is 39.1 Å². The van der Waals surface area contributed by atoms with Crippen molar-refractivity contribution in [2.45, 2.75) is 44.7 Å². The fraction of sp³-hybridized carbons (Fsp3) is 0.667. The van der Waals surface area contributed by atoms with Crippen molar-refractivity contribution in [2.75, 3.05) is 20.8 Å². The Labute approximate surface area is 129 Å². The second-order valence-electron chi connectivity index (χ2n) is 5.25. The van der Waals surface area contributed by atoms with E-state index in [0.717, 1.165) is 17.4 Å². The normalized spacial score (nSPS) is 17.1. The Morgan fingerprint density at radius 1 is 1.50 bits per heavy atom. The Morgan fingerprint density at radius 3 is 3.00 bits per heavy atom. The van der Waals surface area contributed by atoms with Crippen molar-refractivity contribution < 1.29 is 4.74 Å². The number of nitrogens with one attached hydrogen (secondary N) is 1. The van der Waals surface area contributed by atoms with Crippen molar-refractivity contribution in [1.29, 1.82) is 0 Å². The number of hydrogen-bond donors (Lipinski definition) is 1. The zero-order valence-electron chi connectivity index (χ0n) is 12.4. The number of aromatic nitrogens is 2. The highest BCUT2D eigenvalue weighted by atomic mass is 79.9. The van der Waals surface area contributed by atoms with Gasteiger partial charge in [0, 0.05) is 7.11 Å². The summed E-state index contributed by atoms with van der Waals surface area (Å²) in [6.45, 7) is 1.47. The van der Waals surface area contributed by atoms with E-state index in [1.165, 1.54) is 31.4 Å². The summed E-state index contributed by atoms with van der Waals surface area (Å²) in [5, 5.41) is 7.88. The molecule has 0 radical (unpaired) electrons. The lowest BCUT2D eigenvalue weighted by Crippen LogP contribution is -2.22. The maximum Gasteiger partial charge on any atom is 0.0699 e. The van der Waals surface area contributed by atoms with Gasteiger partial charge in [-0.3, -0.25) is 4.68 Å². The van der Waals surface area contributed by atoms with Crippen LogP contribution >= 0.6 is 15.9 Å². The van der Waals surface area contributed by atoms with Gasteiger partial charge < -0.3 is 10.1 Å². The molecule has 20 heavy (non-hydrogen) atoms. The van der Waals surface area contributed by atoms with Gasteiger partial charge in [0.1, 0.15) is 0 Å². The monoisotopic (exact) mass is 341 g/mol. The second kappa shape index (κ2) is 7.96. The van der Waals surface area contributed by atoms with Crippen molar-refractivity contribution in [2.24, 2.45) is 0 Å². The van der Waals surface area contributed by atoms with E-state index in [9.17, 15) is 0 Å². The molecule has 1 atom stereocenters. The molecule has 0 aromatic carbocycles. The summed E-state index contributed by atoms with van der Waals surface area (Å²) in [4.78, 5) is 0. The average Bonchev–Trinajstić information content (AvgIpc) is 2.84. The van der Waals surface area contributed by atoms with Crippen molar-refractivity contribution in [3.63, 3.8) is 0 Å². The Kier molecular flexibility index (Phi) is 6.26. The molecule has 0 spiro atoms. The number of hydrogen-bond acceptors (Lipinski definition) is 3. The molecule has 2 rings (SSSR count). The van der Waals surface area contributed by atoms with Gasteiger partial charge in [-0.05, 0) is 55.1 Å². The minimum Gasteiger partial charge on any atom is -0.383 e. The van der Waals surface area contributed by atoms with Gasteiger partial charge in [0.05, 0.1) is 35.6 Å². The van der Waals surface area contributed by atoms with E-state index in [1.54, 1.807) is 12.7 Å². The summed E-state index contributed by atoms with van der Waals surface area (Å²) in [5.41, 5.74) is 2.79. The molecular formula is C15H24BrN3O. The van der Waals surface area contributed by atoms with E-state index >= 15 is 0 Å². The Morgan fingerprint density at radius 2 is 2.35 bits per heavy atom. The molecule has 1 aliphatic rings. The summed E-state index contributed by atoms with van der Waals surface area (Å²) in [7, 11) is 3.74. The maximum absolute atomic E-state index is 5.17. The Balaban J connectivity index is 2.13. The zero-order chi connectivity index (χ0) is 14.4. The van der Waals surface area contributed by atoms with E-state index < -0.39 is 0 Å². The molecule has 1 unspecified atom stereocenters. The molecule has 0 saturated heterocycles. The van der Waals surface area contributed by atoms with Gasteiger partial charge >= 0.3 is 0 Å². The predicted molar refractivity (Wildman–Crippen MR) is 84.8 cm³/mol. The zero-order valence-corrected chi connectivity index (χ0v) is 13.9. The van der Waals surface area contributed by atoms with E-state index in [1.807, 2.05) is 17.9 Å². The molecule has 1 N–H and O–H groups in total. The molecule has 0 bridgehead atoms. The second-order valence-corrected chi connectivity index (χ2v) is 6.10. The lowest BCUT2D eigenvalue weighted by molar-refractivity contribution is 0.181. The van der Waals surface area contributed by atoms with Crippen LogP contribution in [-0.4, -0.2) is 30.5 Å². The number of allylic oxidation sites excluding steroid dienone is 1. The molecule has 1 aromatic rings. The fourth-order valence-corrected chi connectivity index (χ4v) is 3.33. The summed E-state index contributed by atoms with van der Waals surface area (Å²) < 4.78 is 8.28. The third-order valence-electron chi connectivity index (χ3n) is 3.87. The van der Waals surface area contributed by atoms with Gasteiger partial charge in [0.15, 0.2) is 0 Å². The minimum atomic E-state index is 0.299. The van der Waals surface area contributed by atoms with Crippen LogP contribution in [0.1, 0.15) is 43.8 Å². The van der Waals surface area contributed by atoms with Crippen LogP contribution in [0.3, 0.4) is 0 Å². The van der Waals surface area contributed by atoms with Gasteiger partial charge in [-0.1, -0.05) is 11.6 Å². The molecule has 0 amide bonds. The molecule has 5 heteroatoms. The van der Waals surface area contributed by atoms with Gasteiger partial charge in [-0.2, -0.15) is 5.10 Å². The van der Waals surface area contributed by atoms with Crippen LogP contribution in [0.4, 0.5) is 0 Å². The van der Waals surface area contributed by atoms with Crippen molar-refractivity contribution in [1.82, 2.24) is 15.1 Å². The summed E-state index contributed by atoms with van der Waals surface area (Å²) in [5.74, 6) is 0. The van der Waals surface area contributed by atoms with Crippen molar-refractivity contribution >= 4 is 15.9 Å². The largest absolute Gasteiger partial charge is 0.383 e. The van der Waals surface area contributed by atoms with Crippen LogP contribution < -0.4 is 5.32 Å². The van der Waals surface area contributed by atoms with Gasteiger partial charge in [0.25, 0.3) is 0 Å². The van der Waals surface area contributed by atoms with Crippen LogP contribution in [0.2, 0.25) is 0 Å². The summed E-state index contributed by atoms with van der Waals surface area (Å²) >= 11 is 3.63. The number of rotatable bonds is 7. The first-order valence-corrected chi connectivity index (χ1v) is 8.11. The third kappa shape index (κ3) is 3.93. The smallest absolute Gasteiger partial charge is 0.0699 e. The maximum atomic E-state index is 5.17. The SMILES string of the molecule is CNC(CC1=CCCCC1)c1c(Br)cnn1CCOC. The predicted octanol–water partition coefficient (Wildman–Crippen LogP) is 3.44. The van der Waals surface area contributed by atoms with Crippen LogP contribution in [0.25, 0.3) is 0 Å². The fourth-order valence-electron chi connectivity index (χ4n) is 2.76. The standard InChI is InChI=1S/C15H24BrN3O/c1-17-14(10-12-6-4-3-5-7-12)15-13(16)11-18-19(15)8-9-20-2/h6,11,14,17H,3-5,7-10H2,1-2H3. The molecule has 4 nitrogen and oxygen atoms in total. The molecule has 1 heterocycles. The van der Waals surface area contributed by atoms with Crippen LogP contribution in [0.15, 0.2) is 22.3 Å². The quantitative estimate of drug-likeness (QED) is 0.772. The molecule has 112 valence electrons.